The van der Waals surface area contributed by atoms with Crippen LogP contribution in [-0.4, -0.2) is 29.8 Å². The lowest BCUT2D eigenvalue weighted by Gasteiger charge is -2.25. The van der Waals surface area contributed by atoms with Crippen LogP contribution in [0, 0.1) is 0 Å². The van der Waals surface area contributed by atoms with Gasteiger partial charge in [0, 0.05) is 13.1 Å². The SMILES string of the molecule is NCc1ccccc1CN1CC(=O)NC(=O)C1. The largest absolute Gasteiger partial charge is 0.326 e. The molecule has 0 radical (unpaired) electrons. The normalized spacial score (nSPS) is 17.0. The number of hydrogen-bond acceptors (Lipinski definition) is 4. The zero-order chi connectivity index (χ0) is 12.3. The Balaban J connectivity index is 2.09. The van der Waals surface area contributed by atoms with Crippen LogP contribution >= 0.6 is 0 Å². The summed E-state index contributed by atoms with van der Waals surface area (Å²) < 4.78 is 0. The number of carbonyl (C=O) groups excluding carboxylic acids is 2. The molecule has 1 aromatic rings. The molecular weight excluding hydrogens is 218 g/mol. The topological polar surface area (TPSA) is 75.4 Å². The summed E-state index contributed by atoms with van der Waals surface area (Å²) in [5.41, 5.74) is 7.76. The molecule has 1 heterocycles. The van der Waals surface area contributed by atoms with E-state index in [9.17, 15) is 9.59 Å². The van der Waals surface area contributed by atoms with Crippen molar-refractivity contribution < 1.29 is 9.59 Å². The fraction of sp³-hybridized carbons (Fsp3) is 0.333. The highest BCUT2D eigenvalue weighted by molar-refractivity contribution is 5.99. The van der Waals surface area contributed by atoms with E-state index in [1.54, 1.807) is 0 Å². The van der Waals surface area contributed by atoms with Crippen molar-refractivity contribution in [3.8, 4) is 0 Å². The van der Waals surface area contributed by atoms with Crippen molar-refractivity contribution in [2.45, 2.75) is 13.1 Å². The Morgan fingerprint density at radius 2 is 1.71 bits per heavy atom. The summed E-state index contributed by atoms with van der Waals surface area (Å²) in [6.45, 7) is 1.55. The maximum atomic E-state index is 11.2. The highest BCUT2D eigenvalue weighted by Crippen LogP contribution is 2.11. The first-order chi connectivity index (χ1) is 8.19. The number of hydrogen-bond donors (Lipinski definition) is 2. The van der Waals surface area contributed by atoms with Gasteiger partial charge in [-0.05, 0) is 11.1 Å². The zero-order valence-corrected chi connectivity index (χ0v) is 9.48. The van der Waals surface area contributed by atoms with Crippen molar-refractivity contribution in [1.29, 1.82) is 0 Å². The van der Waals surface area contributed by atoms with Gasteiger partial charge in [0.05, 0.1) is 13.1 Å². The van der Waals surface area contributed by atoms with E-state index >= 15 is 0 Å². The Morgan fingerprint density at radius 3 is 2.29 bits per heavy atom. The first-order valence-electron chi connectivity index (χ1n) is 5.51. The van der Waals surface area contributed by atoms with Gasteiger partial charge in [-0.1, -0.05) is 24.3 Å². The third kappa shape index (κ3) is 2.89. The van der Waals surface area contributed by atoms with Crippen LogP contribution in [0.15, 0.2) is 24.3 Å². The average Bonchev–Trinajstić information content (AvgIpc) is 2.28. The van der Waals surface area contributed by atoms with Crippen molar-refractivity contribution in [3.05, 3.63) is 35.4 Å². The fourth-order valence-corrected chi connectivity index (χ4v) is 1.96. The van der Waals surface area contributed by atoms with Crippen LogP contribution in [0.25, 0.3) is 0 Å². The smallest absolute Gasteiger partial charge is 0.240 e. The summed E-state index contributed by atoms with van der Waals surface area (Å²) in [5, 5.41) is 2.28. The molecule has 5 heteroatoms. The zero-order valence-electron chi connectivity index (χ0n) is 9.48. The number of amides is 2. The molecule has 1 saturated heterocycles. The molecule has 2 rings (SSSR count). The van der Waals surface area contributed by atoms with E-state index in [0.29, 0.717) is 13.1 Å². The maximum Gasteiger partial charge on any atom is 0.240 e. The Hall–Kier alpha value is -1.72. The van der Waals surface area contributed by atoms with Gasteiger partial charge in [0.25, 0.3) is 0 Å². The second-order valence-corrected chi connectivity index (χ2v) is 4.09. The van der Waals surface area contributed by atoms with Gasteiger partial charge in [-0.25, -0.2) is 0 Å². The lowest BCUT2D eigenvalue weighted by atomic mass is 10.1. The molecule has 0 bridgehead atoms. The average molecular weight is 233 g/mol. The summed E-state index contributed by atoms with van der Waals surface area (Å²) in [7, 11) is 0. The van der Waals surface area contributed by atoms with Crippen LogP contribution in [0.3, 0.4) is 0 Å². The van der Waals surface area contributed by atoms with E-state index in [-0.39, 0.29) is 24.9 Å². The molecule has 90 valence electrons. The number of rotatable bonds is 3. The molecule has 0 atom stereocenters. The maximum absolute atomic E-state index is 11.2. The lowest BCUT2D eigenvalue weighted by Crippen LogP contribution is -2.50. The molecule has 1 aliphatic heterocycles. The second-order valence-electron chi connectivity index (χ2n) is 4.09. The molecule has 0 spiro atoms. The van der Waals surface area contributed by atoms with Gasteiger partial charge < -0.3 is 5.73 Å². The summed E-state index contributed by atoms with van der Waals surface area (Å²) in [5.74, 6) is -0.488. The van der Waals surface area contributed by atoms with E-state index in [4.69, 9.17) is 5.73 Å². The van der Waals surface area contributed by atoms with Gasteiger partial charge in [0.1, 0.15) is 0 Å². The standard InChI is InChI=1S/C12H15N3O2/c13-5-9-3-1-2-4-10(9)6-15-7-11(16)14-12(17)8-15/h1-4H,5-8,13H2,(H,14,16,17). The molecule has 2 amide bonds. The van der Waals surface area contributed by atoms with Gasteiger partial charge in [-0.15, -0.1) is 0 Å². The van der Waals surface area contributed by atoms with Crippen molar-refractivity contribution in [3.63, 3.8) is 0 Å². The quantitative estimate of drug-likeness (QED) is 0.697. The Bertz CT molecular complexity index is 429. The minimum Gasteiger partial charge on any atom is -0.326 e. The summed E-state index contributed by atoms with van der Waals surface area (Å²) >= 11 is 0. The Morgan fingerprint density at radius 1 is 1.12 bits per heavy atom. The van der Waals surface area contributed by atoms with Crippen LogP contribution < -0.4 is 11.1 Å². The molecule has 0 aliphatic carbocycles. The van der Waals surface area contributed by atoms with Crippen LogP contribution in [-0.2, 0) is 22.7 Å². The predicted molar refractivity (Wildman–Crippen MR) is 62.8 cm³/mol. The van der Waals surface area contributed by atoms with E-state index in [0.717, 1.165) is 11.1 Å². The summed E-state index contributed by atoms with van der Waals surface area (Å²) in [6.07, 6.45) is 0. The van der Waals surface area contributed by atoms with E-state index in [1.165, 1.54) is 0 Å². The molecule has 1 fully saturated rings. The van der Waals surface area contributed by atoms with Gasteiger partial charge in [-0.2, -0.15) is 0 Å². The van der Waals surface area contributed by atoms with Crippen LogP contribution in [0.5, 0.6) is 0 Å². The lowest BCUT2D eigenvalue weighted by molar-refractivity contribution is -0.136. The molecule has 0 saturated carbocycles. The molecule has 3 N–H and O–H groups in total. The van der Waals surface area contributed by atoms with Gasteiger partial charge in [0.2, 0.25) is 11.8 Å². The number of nitrogens with two attached hydrogens (primary N) is 1. The predicted octanol–water partition coefficient (Wildman–Crippen LogP) is -0.396. The van der Waals surface area contributed by atoms with E-state index in [2.05, 4.69) is 5.32 Å². The minimum absolute atomic E-state index is 0.244. The van der Waals surface area contributed by atoms with Gasteiger partial charge >= 0.3 is 0 Å². The monoisotopic (exact) mass is 233 g/mol. The number of nitrogens with zero attached hydrogens (tertiary/aromatic N) is 1. The number of nitrogens with one attached hydrogen (secondary N) is 1. The molecule has 17 heavy (non-hydrogen) atoms. The second kappa shape index (κ2) is 5.07. The van der Waals surface area contributed by atoms with Gasteiger partial charge in [-0.3, -0.25) is 19.8 Å². The number of imide groups is 1. The molecule has 1 aromatic carbocycles. The third-order valence-electron chi connectivity index (χ3n) is 2.75. The molecule has 0 unspecified atom stereocenters. The molecular formula is C12H15N3O2. The third-order valence-corrected chi connectivity index (χ3v) is 2.75. The highest BCUT2D eigenvalue weighted by Gasteiger charge is 2.22. The summed E-state index contributed by atoms with van der Waals surface area (Å²) in [4.78, 5) is 24.3. The van der Waals surface area contributed by atoms with Crippen molar-refractivity contribution in [1.82, 2.24) is 10.2 Å². The molecule has 1 aliphatic rings. The van der Waals surface area contributed by atoms with Crippen molar-refractivity contribution in [2.75, 3.05) is 13.1 Å². The van der Waals surface area contributed by atoms with Crippen molar-refractivity contribution >= 4 is 11.8 Å². The summed E-state index contributed by atoms with van der Waals surface area (Å²) in [6, 6.07) is 7.79. The number of carbonyl (C=O) groups is 2. The molecule has 0 aromatic heterocycles. The fourth-order valence-electron chi connectivity index (χ4n) is 1.96. The number of piperazine rings is 1. The molecule has 5 nitrogen and oxygen atoms in total. The van der Waals surface area contributed by atoms with Crippen LogP contribution in [0.4, 0.5) is 0 Å². The first-order valence-corrected chi connectivity index (χ1v) is 5.51. The Kier molecular flexibility index (Phi) is 3.51. The highest BCUT2D eigenvalue weighted by atomic mass is 16.2. The van der Waals surface area contributed by atoms with Gasteiger partial charge in [0.15, 0.2) is 0 Å². The van der Waals surface area contributed by atoms with E-state index in [1.807, 2.05) is 29.2 Å². The first kappa shape index (κ1) is 11.8. The minimum atomic E-state index is -0.244. The number of benzene rings is 1. The van der Waals surface area contributed by atoms with E-state index < -0.39 is 0 Å². The van der Waals surface area contributed by atoms with Crippen LogP contribution in [0.1, 0.15) is 11.1 Å². The van der Waals surface area contributed by atoms with Crippen molar-refractivity contribution in [2.24, 2.45) is 5.73 Å². The Labute approximate surface area is 99.6 Å². The van der Waals surface area contributed by atoms with Crippen LogP contribution in [0.2, 0.25) is 0 Å².